The molecule has 24 heavy (non-hydrogen) atoms. The van der Waals surface area contributed by atoms with Gasteiger partial charge in [0.2, 0.25) is 0 Å². The van der Waals surface area contributed by atoms with Crippen LogP contribution in [-0.4, -0.2) is 17.9 Å². The number of halogens is 2. The third kappa shape index (κ3) is 4.43. The number of benzene rings is 1. The van der Waals surface area contributed by atoms with Gasteiger partial charge in [0, 0.05) is 5.02 Å². The maximum absolute atomic E-state index is 12.0. The van der Waals surface area contributed by atoms with Crippen molar-refractivity contribution in [2.45, 2.75) is 26.9 Å². The van der Waals surface area contributed by atoms with Gasteiger partial charge in [-0.1, -0.05) is 23.2 Å². The van der Waals surface area contributed by atoms with E-state index in [1.54, 1.807) is 32.0 Å². The van der Waals surface area contributed by atoms with Crippen molar-refractivity contribution in [1.82, 2.24) is 10.9 Å². The van der Waals surface area contributed by atoms with Crippen LogP contribution in [0.4, 0.5) is 0 Å². The third-order valence-corrected chi connectivity index (χ3v) is 3.68. The molecular formula is C16H16Cl2N2O4. The average Bonchev–Trinajstić information content (AvgIpc) is 2.85. The highest BCUT2D eigenvalue weighted by Gasteiger charge is 2.19. The van der Waals surface area contributed by atoms with Crippen LogP contribution in [0.15, 0.2) is 28.7 Å². The lowest BCUT2D eigenvalue weighted by atomic mass is 10.2. The molecule has 2 rings (SSSR count). The highest BCUT2D eigenvalue weighted by molar-refractivity contribution is 6.35. The third-order valence-electron chi connectivity index (χ3n) is 3.15. The Labute approximate surface area is 149 Å². The molecule has 1 atom stereocenters. The predicted octanol–water partition coefficient (Wildman–Crippen LogP) is 3.43. The van der Waals surface area contributed by atoms with Crippen molar-refractivity contribution >= 4 is 35.0 Å². The van der Waals surface area contributed by atoms with Gasteiger partial charge >= 0.3 is 0 Å². The van der Waals surface area contributed by atoms with Crippen LogP contribution in [0, 0.1) is 13.8 Å². The summed E-state index contributed by atoms with van der Waals surface area (Å²) in [7, 11) is 0. The normalized spacial score (nSPS) is 11.7. The van der Waals surface area contributed by atoms with Crippen molar-refractivity contribution in [3.63, 3.8) is 0 Å². The molecule has 0 unspecified atom stereocenters. The molecule has 0 aliphatic heterocycles. The second-order valence-corrected chi connectivity index (χ2v) is 5.95. The summed E-state index contributed by atoms with van der Waals surface area (Å²) >= 11 is 11.8. The molecule has 0 spiro atoms. The fourth-order valence-electron chi connectivity index (χ4n) is 1.96. The summed E-state index contributed by atoms with van der Waals surface area (Å²) < 4.78 is 10.7. The van der Waals surface area contributed by atoms with Crippen molar-refractivity contribution in [2.24, 2.45) is 0 Å². The topological polar surface area (TPSA) is 80.6 Å². The number of carbonyl (C=O) groups excluding carboxylic acids is 2. The highest BCUT2D eigenvalue weighted by atomic mass is 35.5. The number of amides is 2. The van der Waals surface area contributed by atoms with E-state index in [4.69, 9.17) is 32.4 Å². The van der Waals surface area contributed by atoms with Crippen LogP contribution in [0.1, 0.15) is 28.8 Å². The summed E-state index contributed by atoms with van der Waals surface area (Å²) in [6, 6.07) is 6.25. The molecule has 8 heteroatoms. The Kier molecular flexibility index (Phi) is 5.75. The molecule has 0 fully saturated rings. The van der Waals surface area contributed by atoms with Crippen molar-refractivity contribution in [3.05, 3.63) is 51.4 Å². The van der Waals surface area contributed by atoms with E-state index in [2.05, 4.69) is 10.9 Å². The molecule has 1 aromatic carbocycles. The summed E-state index contributed by atoms with van der Waals surface area (Å²) in [6.07, 6.45) is -0.879. The van der Waals surface area contributed by atoms with E-state index in [1.807, 2.05) is 0 Å². The zero-order valence-corrected chi connectivity index (χ0v) is 14.8. The van der Waals surface area contributed by atoms with E-state index in [-0.39, 0.29) is 5.02 Å². The Balaban J connectivity index is 1.92. The van der Waals surface area contributed by atoms with Crippen LogP contribution in [0.2, 0.25) is 10.0 Å². The van der Waals surface area contributed by atoms with Gasteiger partial charge in [-0.3, -0.25) is 20.4 Å². The predicted molar refractivity (Wildman–Crippen MR) is 90.3 cm³/mol. The van der Waals surface area contributed by atoms with Crippen LogP contribution >= 0.6 is 23.2 Å². The first-order valence-corrected chi connectivity index (χ1v) is 7.82. The lowest BCUT2D eigenvalue weighted by molar-refractivity contribution is -0.128. The number of hydrogen-bond donors (Lipinski definition) is 2. The van der Waals surface area contributed by atoms with Crippen LogP contribution in [0.25, 0.3) is 0 Å². The molecule has 1 heterocycles. The molecule has 2 aromatic rings. The summed E-state index contributed by atoms with van der Waals surface area (Å²) in [5, 5.41) is 0.748. The largest absolute Gasteiger partial charge is 0.479 e. The van der Waals surface area contributed by atoms with Gasteiger partial charge in [-0.05, 0) is 45.0 Å². The van der Waals surface area contributed by atoms with E-state index in [1.165, 1.54) is 13.0 Å². The van der Waals surface area contributed by atoms with Gasteiger partial charge in [-0.2, -0.15) is 0 Å². The van der Waals surface area contributed by atoms with Gasteiger partial charge in [-0.25, -0.2) is 0 Å². The number of rotatable bonds is 4. The van der Waals surface area contributed by atoms with Gasteiger partial charge in [-0.15, -0.1) is 0 Å². The smallest absolute Gasteiger partial charge is 0.279 e. The van der Waals surface area contributed by atoms with E-state index < -0.39 is 17.9 Å². The molecule has 2 amide bonds. The molecule has 0 radical (unpaired) electrons. The summed E-state index contributed by atoms with van der Waals surface area (Å²) in [5.74, 6) is 0.382. The quantitative estimate of drug-likeness (QED) is 0.807. The summed E-state index contributed by atoms with van der Waals surface area (Å²) in [4.78, 5) is 24.0. The fraction of sp³-hybridized carbons (Fsp3) is 0.250. The highest BCUT2D eigenvalue weighted by Crippen LogP contribution is 2.28. The van der Waals surface area contributed by atoms with Crippen LogP contribution in [-0.2, 0) is 4.79 Å². The van der Waals surface area contributed by atoms with E-state index >= 15 is 0 Å². The number of aryl methyl sites for hydroxylation is 2. The molecule has 2 N–H and O–H groups in total. The molecule has 1 aromatic heterocycles. The number of nitrogens with one attached hydrogen (secondary N) is 2. The lowest BCUT2D eigenvalue weighted by Gasteiger charge is -2.16. The van der Waals surface area contributed by atoms with Crippen molar-refractivity contribution in [1.29, 1.82) is 0 Å². The van der Waals surface area contributed by atoms with E-state index in [0.717, 1.165) is 0 Å². The number of hydrogen-bond acceptors (Lipinski definition) is 4. The minimum atomic E-state index is -0.879. The maximum Gasteiger partial charge on any atom is 0.279 e. The van der Waals surface area contributed by atoms with E-state index in [9.17, 15) is 9.59 Å². The zero-order chi connectivity index (χ0) is 17.9. The SMILES string of the molecule is Cc1cc(C(=O)NNC(=O)[C@H](C)Oc2ccc(Cl)cc2Cl)c(C)o1. The Morgan fingerprint density at radius 1 is 1.17 bits per heavy atom. The Morgan fingerprint density at radius 2 is 1.88 bits per heavy atom. The van der Waals surface area contributed by atoms with Crippen molar-refractivity contribution in [3.8, 4) is 5.75 Å². The first kappa shape index (κ1) is 18.2. The van der Waals surface area contributed by atoms with Gasteiger partial charge in [0.05, 0.1) is 10.6 Å². The van der Waals surface area contributed by atoms with Crippen LogP contribution in [0.5, 0.6) is 5.75 Å². The molecule has 128 valence electrons. The van der Waals surface area contributed by atoms with Gasteiger partial charge in [0.15, 0.2) is 6.10 Å². The fourth-order valence-corrected chi connectivity index (χ4v) is 2.41. The number of carbonyl (C=O) groups is 2. The van der Waals surface area contributed by atoms with Crippen LogP contribution < -0.4 is 15.6 Å². The minimum absolute atomic E-state index is 0.288. The average molecular weight is 371 g/mol. The number of furan rings is 1. The Hall–Kier alpha value is -2.18. The molecule has 0 aliphatic rings. The van der Waals surface area contributed by atoms with Gasteiger partial charge in [0.25, 0.3) is 11.8 Å². The lowest BCUT2D eigenvalue weighted by Crippen LogP contribution is -2.47. The van der Waals surface area contributed by atoms with E-state index in [0.29, 0.717) is 27.9 Å². The second kappa shape index (κ2) is 7.59. The maximum atomic E-state index is 12.0. The monoisotopic (exact) mass is 370 g/mol. The number of ether oxygens (including phenoxy) is 1. The summed E-state index contributed by atoms with van der Waals surface area (Å²) in [6.45, 7) is 4.92. The van der Waals surface area contributed by atoms with Gasteiger partial charge < -0.3 is 9.15 Å². The molecular weight excluding hydrogens is 355 g/mol. The second-order valence-electron chi connectivity index (χ2n) is 5.11. The van der Waals surface area contributed by atoms with Gasteiger partial charge in [0.1, 0.15) is 17.3 Å². The molecule has 6 nitrogen and oxygen atoms in total. The molecule has 0 aliphatic carbocycles. The van der Waals surface area contributed by atoms with Crippen molar-refractivity contribution < 1.29 is 18.7 Å². The first-order chi connectivity index (χ1) is 11.3. The Morgan fingerprint density at radius 3 is 2.46 bits per heavy atom. The minimum Gasteiger partial charge on any atom is -0.479 e. The summed E-state index contributed by atoms with van der Waals surface area (Å²) in [5.41, 5.74) is 4.95. The number of hydrazine groups is 1. The Bertz CT molecular complexity index is 773. The molecule has 0 saturated heterocycles. The zero-order valence-electron chi connectivity index (χ0n) is 13.3. The first-order valence-electron chi connectivity index (χ1n) is 7.07. The molecule has 0 bridgehead atoms. The van der Waals surface area contributed by atoms with Crippen LogP contribution in [0.3, 0.4) is 0 Å². The van der Waals surface area contributed by atoms with Crippen molar-refractivity contribution in [2.75, 3.05) is 0 Å². The standard InChI is InChI=1S/C16H16Cl2N2O4/c1-8-6-12(9(2)23-8)16(22)20-19-15(21)10(3)24-14-5-4-11(17)7-13(14)18/h4-7,10H,1-3H3,(H,19,21)(H,20,22)/t10-/m0/s1. The molecule has 0 saturated carbocycles.